The van der Waals surface area contributed by atoms with Crippen molar-refractivity contribution < 1.29 is 17.3 Å². The summed E-state index contributed by atoms with van der Waals surface area (Å²) >= 11 is 5.16. The van der Waals surface area contributed by atoms with Gasteiger partial charge in [-0.15, -0.1) is 0 Å². The van der Waals surface area contributed by atoms with Crippen LogP contribution in [0.1, 0.15) is 0 Å². The molecule has 0 radical (unpaired) electrons. The first kappa shape index (κ1) is 9.31. The fourth-order valence-electron chi connectivity index (χ4n) is 0.678. The zero-order valence-corrected chi connectivity index (χ0v) is 6.33. The molecule has 1 heterocycles. The van der Waals surface area contributed by atoms with Crippen LogP contribution in [0, 0.1) is 5.82 Å². The standard InChI is InChI=1S/C5H2BClF4N/c7-5-1-3(6(9,10)11)4(8)2-12-5/h1-2H/q-1. The van der Waals surface area contributed by atoms with Crippen LogP contribution in [-0.2, 0) is 0 Å². The molecule has 0 atom stereocenters. The third-order valence-electron chi connectivity index (χ3n) is 1.20. The molecule has 0 fully saturated rings. The highest BCUT2D eigenvalue weighted by Gasteiger charge is 2.29. The SMILES string of the molecule is Fc1cnc(Cl)cc1[B-](F)(F)F. The van der Waals surface area contributed by atoms with Crippen molar-refractivity contribution in [3.63, 3.8) is 0 Å². The van der Waals surface area contributed by atoms with E-state index in [1.54, 1.807) is 0 Å². The van der Waals surface area contributed by atoms with Crippen molar-refractivity contribution in [2.45, 2.75) is 0 Å². The maximum Gasteiger partial charge on any atom is 0.512 e. The summed E-state index contributed by atoms with van der Waals surface area (Å²) in [7, 11) is 0. The Kier molecular flexibility index (Phi) is 2.28. The van der Waals surface area contributed by atoms with E-state index in [1.165, 1.54) is 0 Å². The molecule has 66 valence electrons. The highest BCUT2D eigenvalue weighted by atomic mass is 35.5. The zero-order valence-electron chi connectivity index (χ0n) is 5.57. The molecule has 0 amide bonds. The lowest BCUT2D eigenvalue weighted by molar-refractivity contribution is 0.493. The zero-order chi connectivity index (χ0) is 9.35. The highest BCUT2D eigenvalue weighted by Crippen LogP contribution is 2.13. The van der Waals surface area contributed by atoms with Crippen LogP contribution in [0.5, 0.6) is 0 Å². The van der Waals surface area contributed by atoms with E-state index >= 15 is 0 Å². The Morgan fingerprint density at radius 2 is 1.92 bits per heavy atom. The van der Waals surface area contributed by atoms with Crippen molar-refractivity contribution >= 4 is 24.0 Å². The summed E-state index contributed by atoms with van der Waals surface area (Å²) < 4.78 is 48.3. The minimum atomic E-state index is -5.35. The quantitative estimate of drug-likeness (QED) is 0.382. The van der Waals surface area contributed by atoms with Gasteiger partial charge >= 0.3 is 6.98 Å². The van der Waals surface area contributed by atoms with Gasteiger partial charge in [0.15, 0.2) is 0 Å². The van der Waals surface area contributed by atoms with E-state index in [1.807, 2.05) is 0 Å². The molecule has 7 heteroatoms. The second-order valence-electron chi connectivity index (χ2n) is 2.10. The van der Waals surface area contributed by atoms with Crippen molar-refractivity contribution in [2.75, 3.05) is 0 Å². The lowest BCUT2D eigenvalue weighted by Crippen LogP contribution is -2.36. The van der Waals surface area contributed by atoms with Gasteiger partial charge in [-0.3, -0.25) is 0 Å². The summed E-state index contributed by atoms with van der Waals surface area (Å²) in [5.41, 5.74) is -1.34. The maximum absolute atomic E-state index is 12.4. The lowest BCUT2D eigenvalue weighted by Gasteiger charge is -2.14. The molecule has 0 saturated heterocycles. The molecular formula is C5H2BClF4N-. The fourth-order valence-corrected chi connectivity index (χ4v) is 0.845. The Morgan fingerprint density at radius 3 is 2.33 bits per heavy atom. The largest absolute Gasteiger partial charge is 0.512 e. The number of nitrogens with zero attached hydrogens (tertiary/aromatic N) is 1. The summed E-state index contributed by atoms with van der Waals surface area (Å²) in [5, 5.41) is -0.370. The number of rotatable bonds is 1. The molecule has 0 aromatic carbocycles. The van der Waals surface area contributed by atoms with Crippen LogP contribution in [0.15, 0.2) is 12.3 Å². The molecule has 0 N–H and O–H groups in total. The average Bonchev–Trinajstić information content (AvgIpc) is 1.92. The van der Waals surface area contributed by atoms with E-state index < -0.39 is 18.3 Å². The Morgan fingerprint density at radius 1 is 1.33 bits per heavy atom. The molecule has 0 bridgehead atoms. The maximum atomic E-state index is 12.4. The highest BCUT2D eigenvalue weighted by molar-refractivity contribution is 6.73. The minimum absolute atomic E-state index is 0.370. The molecule has 1 aromatic rings. The third kappa shape index (κ3) is 1.88. The van der Waals surface area contributed by atoms with Gasteiger partial charge in [0.1, 0.15) is 11.0 Å². The minimum Gasteiger partial charge on any atom is -0.445 e. The van der Waals surface area contributed by atoms with Crippen molar-refractivity contribution in [1.82, 2.24) is 4.98 Å². The molecule has 12 heavy (non-hydrogen) atoms. The molecule has 1 rings (SSSR count). The van der Waals surface area contributed by atoms with E-state index in [-0.39, 0.29) is 5.15 Å². The van der Waals surface area contributed by atoms with Gasteiger partial charge in [0, 0.05) is 0 Å². The molecule has 0 spiro atoms. The van der Waals surface area contributed by atoms with Crippen LogP contribution >= 0.6 is 11.6 Å². The topological polar surface area (TPSA) is 12.9 Å². The third-order valence-corrected chi connectivity index (χ3v) is 1.41. The summed E-state index contributed by atoms with van der Waals surface area (Å²) in [4.78, 5) is 3.15. The summed E-state index contributed by atoms with van der Waals surface area (Å²) in [5.74, 6) is -1.40. The summed E-state index contributed by atoms with van der Waals surface area (Å²) in [6.07, 6.45) is 0.451. The van der Waals surface area contributed by atoms with Crippen LogP contribution < -0.4 is 5.46 Å². The Balaban J connectivity index is 3.23. The van der Waals surface area contributed by atoms with Gasteiger partial charge in [-0.2, -0.15) is 0 Å². The van der Waals surface area contributed by atoms with Crippen LogP contribution in [0.25, 0.3) is 0 Å². The molecular weight excluding hydrogens is 196 g/mol. The summed E-state index contributed by atoms with van der Waals surface area (Å²) in [6, 6.07) is 0.469. The molecule has 0 aliphatic heterocycles. The number of aromatic nitrogens is 1. The molecule has 0 aliphatic carbocycles. The van der Waals surface area contributed by atoms with Crippen molar-refractivity contribution in [1.29, 1.82) is 0 Å². The lowest BCUT2D eigenvalue weighted by atomic mass is 9.80. The first-order valence-corrected chi connectivity index (χ1v) is 3.30. The van der Waals surface area contributed by atoms with Crippen molar-refractivity contribution in [3.05, 3.63) is 23.2 Å². The average molecular weight is 198 g/mol. The molecule has 0 aliphatic rings. The van der Waals surface area contributed by atoms with Crippen LogP contribution in [0.4, 0.5) is 17.3 Å². The van der Waals surface area contributed by atoms with Crippen LogP contribution in [-0.4, -0.2) is 12.0 Å². The molecule has 0 saturated carbocycles. The van der Waals surface area contributed by atoms with Crippen molar-refractivity contribution in [2.24, 2.45) is 0 Å². The molecule has 0 unspecified atom stereocenters. The van der Waals surface area contributed by atoms with Crippen LogP contribution in [0.2, 0.25) is 5.15 Å². The van der Waals surface area contributed by atoms with E-state index in [4.69, 9.17) is 11.6 Å². The van der Waals surface area contributed by atoms with E-state index in [0.717, 1.165) is 0 Å². The van der Waals surface area contributed by atoms with Gasteiger partial charge in [-0.1, -0.05) is 17.1 Å². The smallest absolute Gasteiger partial charge is 0.445 e. The Labute approximate surface area is 70.4 Å². The van der Waals surface area contributed by atoms with Crippen LogP contribution in [0.3, 0.4) is 0 Å². The second-order valence-corrected chi connectivity index (χ2v) is 2.49. The van der Waals surface area contributed by atoms with Gasteiger partial charge in [0.25, 0.3) is 0 Å². The fraction of sp³-hybridized carbons (Fsp3) is 0. The number of halogens is 5. The number of pyridine rings is 1. The van der Waals surface area contributed by atoms with Gasteiger partial charge in [-0.25, -0.2) is 9.37 Å². The predicted octanol–water partition coefficient (Wildman–Crippen LogP) is 1.93. The number of hydrogen-bond acceptors (Lipinski definition) is 1. The molecule has 1 nitrogen and oxygen atoms in total. The second kappa shape index (κ2) is 2.93. The first-order chi connectivity index (χ1) is 5.41. The normalized spacial score (nSPS) is 11.8. The summed E-state index contributed by atoms with van der Waals surface area (Å²) in [6.45, 7) is -5.35. The van der Waals surface area contributed by atoms with Gasteiger partial charge in [0.2, 0.25) is 0 Å². The van der Waals surface area contributed by atoms with Gasteiger partial charge < -0.3 is 12.9 Å². The van der Waals surface area contributed by atoms with E-state index in [0.29, 0.717) is 12.3 Å². The van der Waals surface area contributed by atoms with E-state index in [9.17, 15) is 17.3 Å². The molecule has 1 aromatic heterocycles. The monoisotopic (exact) mass is 198 g/mol. The number of hydrogen-bond donors (Lipinski definition) is 0. The Bertz CT molecular complexity index is 300. The Hall–Kier alpha value is -0.775. The first-order valence-electron chi connectivity index (χ1n) is 2.92. The van der Waals surface area contributed by atoms with Gasteiger partial charge in [0.05, 0.1) is 6.20 Å². The van der Waals surface area contributed by atoms with E-state index in [2.05, 4.69) is 4.98 Å². The van der Waals surface area contributed by atoms with Gasteiger partial charge in [-0.05, 0) is 6.07 Å². The van der Waals surface area contributed by atoms with Crippen molar-refractivity contribution in [3.8, 4) is 0 Å². The predicted molar refractivity (Wildman–Crippen MR) is 37.9 cm³/mol.